The summed E-state index contributed by atoms with van der Waals surface area (Å²) >= 11 is 5.87. The lowest BCUT2D eigenvalue weighted by molar-refractivity contribution is -0.991. The normalized spacial score (nSPS) is 14.4. The van der Waals surface area contributed by atoms with Gasteiger partial charge in [0.05, 0.1) is 11.0 Å². The van der Waals surface area contributed by atoms with Gasteiger partial charge < -0.3 is 20.5 Å². The third-order valence-corrected chi connectivity index (χ3v) is 3.95. The molecule has 5 N–H and O–H groups in total. The molecule has 0 aliphatic rings. The second-order valence-electron chi connectivity index (χ2n) is 5.39. The average Bonchev–Trinajstić information content (AvgIpc) is 2.62. The van der Waals surface area contributed by atoms with Crippen molar-refractivity contribution in [2.24, 2.45) is 5.16 Å². The van der Waals surface area contributed by atoms with Crippen LogP contribution >= 0.6 is 11.6 Å². The summed E-state index contributed by atoms with van der Waals surface area (Å²) in [4.78, 5) is 19.0. The fraction of sp³-hybridized carbons (Fsp3) is 0.0625. The van der Waals surface area contributed by atoms with Crippen molar-refractivity contribution < 1.29 is 20.7 Å². The van der Waals surface area contributed by atoms with E-state index in [4.69, 9.17) is 16.8 Å². The first-order valence-electron chi connectivity index (χ1n) is 7.34. The Bertz CT molecular complexity index is 1050. The van der Waals surface area contributed by atoms with Crippen LogP contribution in [0.25, 0.3) is 11.0 Å². The number of oxime groups is 1. The van der Waals surface area contributed by atoms with Gasteiger partial charge in [-0.3, -0.25) is 4.79 Å². The summed E-state index contributed by atoms with van der Waals surface area (Å²) in [5.74, 6) is 0. The molecule has 0 amide bonds. The largest absolute Gasteiger partial charge is 0.595 e. The van der Waals surface area contributed by atoms with E-state index in [1.54, 1.807) is 12.1 Å². The van der Waals surface area contributed by atoms with Crippen LogP contribution in [0.1, 0.15) is 17.4 Å². The highest BCUT2D eigenvalue weighted by molar-refractivity contribution is 6.31. The summed E-state index contributed by atoms with van der Waals surface area (Å²) < 4.78 is 0. The third-order valence-electron chi connectivity index (χ3n) is 3.71. The van der Waals surface area contributed by atoms with Crippen LogP contribution in [0.2, 0.25) is 5.02 Å². The molecule has 3 rings (SSSR count). The average molecular weight is 377 g/mol. The first-order valence-corrected chi connectivity index (χ1v) is 7.71. The van der Waals surface area contributed by atoms with Gasteiger partial charge in [-0.25, -0.2) is 10.2 Å². The van der Waals surface area contributed by atoms with Crippen molar-refractivity contribution in [3.05, 3.63) is 74.3 Å². The van der Waals surface area contributed by atoms with E-state index in [1.165, 1.54) is 30.3 Å². The fourth-order valence-electron chi connectivity index (χ4n) is 2.46. The van der Waals surface area contributed by atoms with Gasteiger partial charge in [-0.1, -0.05) is 28.9 Å². The quantitative estimate of drug-likeness (QED) is 0.259. The molecule has 1 aromatic heterocycles. The number of halogens is 1. The van der Waals surface area contributed by atoms with Crippen LogP contribution in [-0.2, 0) is 0 Å². The van der Waals surface area contributed by atoms with Gasteiger partial charge in [-0.15, -0.1) is 0 Å². The van der Waals surface area contributed by atoms with Gasteiger partial charge in [0.15, 0.2) is 11.4 Å². The van der Waals surface area contributed by atoms with E-state index in [2.05, 4.69) is 15.1 Å². The molecule has 0 spiro atoms. The number of nitrogens with one attached hydrogen (secondary N) is 2. The van der Waals surface area contributed by atoms with Crippen molar-refractivity contribution in [2.45, 2.75) is 6.10 Å². The number of nitrogens with zero attached hydrogens (tertiary/aromatic N) is 2. The standard InChI is InChI=1S/C16H13ClN4O5/c17-9-4-5-11-12(7-9)19-16(23)14(18-11)13(20-24)15(22)8-2-1-3-10(6-8)21(25)26/h1-7,15,21-22,24-25H,(H,19,23)/b20-13-. The van der Waals surface area contributed by atoms with E-state index in [0.29, 0.717) is 16.1 Å². The molecule has 10 heteroatoms. The van der Waals surface area contributed by atoms with E-state index in [9.17, 15) is 20.3 Å². The SMILES string of the molecule is O=c1[nH]c2cc(Cl)ccc2nc1/C(=N/O)C(O)c1cccc([NH+]([O-])O)c1. The molecule has 134 valence electrons. The van der Waals surface area contributed by atoms with Gasteiger partial charge in [-0.2, -0.15) is 5.23 Å². The van der Waals surface area contributed by atoms with E-state index in [0.717, 1.165) is 0 Å². The van der Waals surface area contributed by atoms with Crippen molar-refractivity contribution >= 4 is 34.0 Å². The van der Waals surface area contributed by atoms with Crippen LogP contribution in [0.15, 0.2) is 52.4 Å². The Morgan fingerprint density at radius 3 is 2.77 bits per heavy atom. The number of hydrogen-bond acceptors (Lipinski definition) is 7. The molecule has 0 aliphatic heterocycles. The first kappa shape index (κ1) is 18.0. The maximum Gasteiger partial charge on any atom is 0.276 e. The first-order chi connectivity index (χ1) is 12.4. The van der Waals surface area contributed by atoms with E-state index in [-0.39, 0.29) is 16.9 Å². The van der Waals surface area contributed by atoms with E-state index < -0.39 is 22.6 Å². The minimum absolute atomic E-state index is 0.0612. The molecule has 0 saturated heterocycles. The summed E-state index contributed by atoms with van der Waals surface area (Å²) in [6.45, 7) is 0. The predicted octanol–water partition coefficient (Wildman–Crippen LogP) is 0.892. The smallest absolute Gasteiger partial charge is 0.276 e. The van der Waals surface area contributed by atoms with Gasteiger partial charge in [-0.05, 0) is 23.8 Å². The molecular formula is C16H13ClN4O5. The lowest BCUT2D eigenvalue weighted by atomic mass is 10.0. The number of fused-ring (bicyclic) bond motifs is 1. The summed E-state index contributed by atoms with van der Waals surface area (Å²) in [5, 5.41) is 42.2. The number of benzene rings is 2. The van der Waals surface area contributed by atoms with Gasteiger partial charge in [0.25, 0.3) is 5.56 Å². The molecule has 0 saturated carbocycles. The van der Waals surface area contributed by atoms with Crippen molar-refractivity contribution in [3.63, 3.8) is 0 Å². The molecule has 26 heavy (non-hydrogen) atoms. The molecule has 1 heterocycles. The molecule has 2 atom stereocenters. The van der Waals surface area contributed by atoms with Gasteiger partial charge in [0.1, 0.15) is 11.8 Å². The summed E-state index contributed by atoms with van der Waals surface area (Å²) in [5.41, 5.74) is -0.575. The monoisotopic (exact) mass is 376 g/mol. The zero-order valence-electron chi connectivity index (χ0n) is 13.0. The molecule has 2 unspecified atom stereocenters. The molecule has 0 fully saturated rings. The number of aliphatic hydroxyl groups excluding tert-OH is 1. The molecular weight excluding hydrogens is 364 g/mol. The minimum atomic E-state index is -1.56. The Morgan fingerprint density at radius 2 is 2.08 bits per heavy atom. The van der Waals surface area contributed by atoms with Gasteiger partial charge in [0, 0.05) is 17.2 Å². The Labute approximate surface area is 150 Å². The molecule has 3 aromatic rings. The number of aliphatic hydroxyl groups is 1. The van der Waals surface area contributed by atoms with Crippen molar-refractivity contribution in [1.82, 2.24) is 9.97 Å². The highest BCUT2D eigenvalue weighted by Crippen LogP contribution is 2.21. The summed E-state index contributed by atoms with van der Waals surface area (Å²) in [7, 11) is 0. The number of quaternary nitrogens is 1. The molecule has 0 radical (unpaired) electrons. The summed E-state index contributed by atoms with van der Waals surface area (Å²) in [6, 6.07) is 10.1. The molecule has 2 aromatic carbocycles. The predicted molar refractivity (Wildman–Crippen MR) is 92.9 cm³/mol. The summed E-state index contributed by atoms with van der Waals surface area (Å²) in [6.07, 6.45) is -1.56. The van der Waals surface area contributed by atoms with Crippen molar-refractivity contribution in [3.8, 4) is 0 Å². The zero-order valence-corrected chi connectivity index (χ0v) is 13.8. The highest BCUT2D eigenvalue weighted by atomic mass is 35.5. The lowest BCUT2D eigenvalue weighted by Crippen LogP contribution is -2.99. The van der Waals surface area contributed by atoms with Crippen LogP contribution in [0.4, 0.5) is 5.69 Å². The van der Waals surface area contributed by atoms with E-state index >= 15 is 0 Å². The molecule has 0 bridgehead atoms. The van der Waals surface area contributed by atoms with Crippen molar-refractivity contribution in [1.29, 1.82) is 0 Å². The number of H-pyrrole nitrogens is 1. The fourth-order valence-corrected chi connectivity index (χ4v) is 2.64. The molecule has 0 aliphatic carbocycles. The van der Waals surface area contributed by atoms with E-state index in [1.807, 2.05) is 0 Å². The van der Waals surface area contributed by atoms with Crippen LogP contribution in [-0.4, -0.2) is 31.2 Å². The highest BCUT2D eigenvalue weighted by Gasteiger charge is 2.23. The second-order valence-corrected chi connectivity index (χ2v) is 5.83. The van der Waals surface area contributed by atoms with Crippen LogP contribution in [0.3, 0.4) is 0 Å². The van der Waals surface area contributed by atoms with Gasteiger partial charge >= 0.3 is 0 Å². The molecule has 9 nitrogen and oxygen atoms in total. The second kappa shape index (κ2) is 7.20. The Morgan fingerprint density at radius 1 is 1.31 bits per heavy atom. The topological polar surface area (TPSA) is 146 Å². The number of hydrogen-bond donors (Lipinski definition) is 5. The van der Waals surface area contributed by atoms with Crippen LogP contribution in [0, 0.1) is 5.21 Å². The van der Waals surface area contributed by atoms with Crippen LogP contribution in [0.5, 0.6) is 0 Å². The Hall–Kier alpha value is -2.82. The maximum atomic E-state index is 12.3. The maximum absolute atomic E-state index is 12.3. The van der Waals surface area contributed by atoms with Crippen LogP contribution < -0.4 is 10.8 Å². The number of aromatic nitrogens is 2. The third kappa shape index (κ3) is 3.43. The minimum Gasteiger partial charge on any atom is -0.595 e. The number of aromatic amines is 1. The Kier molecular flexibility index (Phi) is 4.98. The Balaban J connectivity index is 2.08. The number of rotatable bonds is 4. The van der Waals surface area contributed by atoms with Gasteiger partial charge in [0.2, 0.25) is 0 Å². The lowest BCUT2D eigenvalue weighted by Gasteiger charge is -2.15. The zero-order chi connectivity index (χ0) is 18.8. The van der Waals surface area contributed by atoms with Crippen molar-refractivity contribution in [2.75, 3.05) is 0 Å².